The Kier molecular flexibility index (Phi) is 13.1. The second-order valence-corrected chi connectivity index (χ2v) is 4.27. The van der Waals surface area contributed by atoms with E-state index < -0.39 is 10.1 Å². The van der Waals surface area contributed by atoms with Crippen molar-refractivity contribution in [2.24, 2.45) is 0 Å². The van der Waals surface area contributed by atoms with Gasteiger partial charge in [0.15, 0.2) is 0 Å². The van der Waals surface area contributed by atoms with Gasteiger partial charge in [0.2, 0.25) is 0 Å². The molecule has 76 valence electrons. The summed E-state index contributed by atoms with van der Waals surface area (Å²) in [6.45, 7) is 1.88. The van der Waals surface area contributed by atoms with Crippen molar-refractivity contribution < 1.29 is 70.5 Å². The first kappa shape index (κ1) is 16.9. The molecule has 0 aromatic heterocycles. The number of aliphatic hydroxyl groups excluding tert-OH is 1. The molecule has 0 aliphatic rings. The van der Waals surface area contributed by atoms with E-state index >= 15 is 0 Å². The van der Waals surface area contributed by atoms with Crippen molar-refractivity contribution in [3.63, 3.8) is 0 Å². The van der Waals surface area contributed by atoms with Gasteiger partial charge in [-0.1, -0.05) is 19.8 Å². The molecule has 6 heteroatoms. The fourth-order valence-corrected chi connectivity index (χ4v) is 1.42. The Morgan fingerprint density at radius 3 is 2.46 bits per heavy atom. The average molecular weight is 236 g/mol. The second kappa shape index (κ2) is 10.0. The van der Waals surface area contributed by atoms with Crippen LogP contribution in [0.2, 0.25) is 0 Å². The molecule has 0 amide bonds. The molecule has 0 fully saturated rings. The molecular formula is C7H17KO4S. The van der Waals surface area contributed by atoms with E-state index in [1.807, 2.05) is 6.92 Å². The van der Waals surface area contributed by atoms with Gasteiger partial charge in [0.25, 0.3) is 10.1 Å². The van der Waals surface area contributed by atoms with E-state index in [1.165, 1.54) is 0 Å². The molecule has 0 aliphatic carbocycles. The molecular weight excluding hydrogens is 219 g/mol. The van der Waals surface area contributed by atoms with E-state index in [1.54, 1.807) is 0 Å². The van der Waals surface area contributed by atoms with Gasteiger partial charge in [-0.15, -0.1) is 0 Å². The number of rotatable bonds is 7. The largest absolute Gasteiger partial charge is 1.00 e. The van der Waals surface area contributed by atoms with Gasteiger partial charge in [0.1, 0.15) is 0 Å². The van der Waals surface area contributed by atoms with Gasteiger partial charge in [-0.25, -0.2) is 0 Å². The Hall–Kier alpha value is 1.51. The van der Waals surface area contributed by atoms with Crippen LogP contribution in [0.4, 0.5) is 0 Å². The summed E-state index contributed by atoms with van der Waals surface area (Å²) in [6, 6.07) is 0. The van der Waals surface area contributed by atoms with E-state index in [9.17, 15) is 8.42 Å². The summed E-state index contributed by atoms with van der Waals surface area (Å²) in [4.78, 5) is 0. The monoisotopic (exact) mass is 236 g/mol. The van der Waals surface area contributed by atoms with Gasteiger partial charge in [-0.05, 0) is 6.42 Å². The minimum absolute atomic E-state index is 0. The number of unbranched alkanes of at least 4 members (excludes halogenated alkanes) is 2. The minimum atomic E-state index is -3.46. The van der Waals surface area contributed by atoms with Crippen LogP contribution in [-0.4, -0.2) is 32.5 Å². The van der Waals surface area contributed by atoms with Crippen LogP contribution in [-0.2, 0) is 14.3 Å². The zero-order valence-electron chi connectivity index (χ0n) is 9.32. The molecule has 4 nitrogen and oxygen atoms in total. The predicted octanol–water partition coefficient (Wildman–Crippen LogP) is -2.37. The summed E-state index contributed by atoms with van der Waals surface area (Å²) >= 11 is 0. The summed E-state index contributed by atoms with van der Waals surface area (Å²) in [5.74, 6) is -0.306. The van der Waals surface area contributed by atoms with Crippen molar-refractivity contribution in [2.75, 3.05) is 19.0 Å². The zero-order valence-corrected chi connectivity index (χ0v) is 12.3. The van der Waals surface area contributed by atoms with E-state index in [-0.39, 0.29) is 71.8 Å². The van der Waals surface area contributed by atoms with Crippen molar-refractivity contribution in [3.05, 3.63) is 0 Å². The van der Waals surface area contributed by atoms with Crippen LogP contribution in [0.3, 0.4) is 0 Å². The minimum Gasteiger partial charge on any atom is -1.00 e. The van der Waals surface area contributed by atoms with Crippen molar-refractivity contribution in [1.29, 1.82) is 0 Å². The van der Waals surface area contributed by atoms with Crippen LogP contribution in [0.5, 0.6) is 0 Å². The summed E-state index contributed by atoms with van der Waals surface area (Å²) in [7, 11) is -3.46. The molecule has 13 heavy (non-hydrogen) atoms. The molecule has 0 aliphatic heterocycles. The van der Waals surface area contributed by atoms with Gasteiger partial charge in [-0.3, -0.25) is 4.18 Å². The number of aliphatic hydroxyl groups is 1. The third kappa shape index (κ3) is 11.4. The van der Waals surface area contributed by atoms with Crippen molar-refractivity contribution in [1.82, 2.24) is 0 Å². The van der Waals surface area contributed by atoms with Gasteiger partial charge in [-0.2, -0.15) is 8.42 Å². The van der Waals surface area contributed by atoms with Gasteiger partial charge < -0.3 is 6.53 Å². The maximum absolute atomic E-state index is 10.8. The Bertz CT molecular complexity index is 196. The van der Waals surface area contributed by atoms with Gasteiger partial charge >= 0.3 is 51.4 Å². The molecule has 0 rings (SSSR count). The van der Waals surface area contributed by atoms with Crippen molar-refractivity contribution >= 4 is 10.1 Å². The SMILES string of the molecule is CCCCCOS(=O)(=O)CCO.[H-].[K+]. The Balaban J connectivity index is -0.000000605. The van der Waals surface area contributed by atoms with E-state index in [2.05, 4.69) is 4.18 Å². The molecule has 0 aromatic carbocycles. The van der Waals surface area contributed by atoms with Crippen LogP contribution in [0, 0.1) is 0 Å². The molecule has 0 bridgehead atoms. The Morgan fingerprint density at radius 2 is 2.00 bits per heavy atom. The molecule has 0 aromatic rings. The zero-order chi connectivity index (χ0) is 9.45. The Morgan fingerprint density at radius 1 is 1.38 bits per heavy atom. The van der Waals surface area contributed by atoms with Crippen molar-refractivity contribution in [2.45, 2.75) is 26.2 Å². The molecule has 1 N–H and O–H groups in total. The maximum Gasteiger partial charge on any atom is 1.00 e. The predicted molar refractivity (Wildman–Crippen MR) is 47.5 cm³/mol. The summed E-state index contributed by atoms with van der Waals surface area (Å²) < 4.78 is 26.2. The first-order valence-corrected chi connectivity index (χ1v) is 5.68. The first-order chi connectivity index (χ1) is 5.62. The standard InChI is InChI=1S/C7H16O4S.K.H/c1-2-3-4-6-11-12(9,10)7-5-8;;/h8H,2-7H2,1H3;;/q;+1;-1. The maximum atomic E-state index is 10.8. The third-order valence-corrected chi connectivity index (χ3v) is 2.56. The summed E-state index contributed by atoms with van der Waals surface area (Å²) in [6.07, 6.45) is 2.75. The smallest absolute Gasteiger partial charge is 1.00 e. The molecule has 0 heterocycles. The molecule has 0 spiro atoms. The number of hydrogen-bond acceptors (Lipinski definition) is 4. The molecule has 0 saturated carbocycles. The quantitative estimate of drug-likeness (QED) is 0.305. The number of hydrogen-bond donors (Lipinski definition) is 1. The second-order valence-electron chi connectivity index (χ2n) is 2.51. The fraction of sp³-hybridized carbons (Fsp3) is 1.00. The normalized spacial score (nSPS) is 10.9. The third-order valence-electron chi connectivity index (χ3n) is 1.35. The molecule has 0 saturated heterocycles. The van der Waals surface area contributed by atoms with E-state index in [0.717, 1.165) is 19.3 Å². The average Bonchev–Trinajstić information content (AvgIpc) is 1.98. The van der Waals surface area contributed by atoms with E-state index in [0.29, 0.717) is 0 Å². The molecule has 0 unspecified atom stereocenters. The van der Waals surface area contributed by atoms with Crippen molar-refractivity contribution in [3.8, 4) is 0 Å². The molecule has 0 radical (unpaired) electrons. The van der Waals surface area contributed by atoms with Crippen LogP contribution in [0.25, 0.3) is 0 Å². The summed E-state index contributed by atoms with van der Waals surface area (Å²) in [5, 5.41) is 8.35. The van der Waals surface area contributed by atoms with Gasteiger partial charge in [0, 0.05) is 0 Å². The van der Waals surface area contributed by atoms with Crippen LogP contribution in [0.1, 0.15) is 27.6 Å². The van der Waals surface area contributed by atoms with Gasteiger partial charge in [0.05, 0.1) is 19.0 Å². The fourth-order valence-electron chi connectivity index (χ4n) is 0.709. The Labute approximate surface area is 124 Å². The van der Waals surface area contributed by atoms with Crippen LogP contribution < -0.4 is 51.4 Å². The molecule has 0 atom stereocenters. The summed E-state index contributed by atoms with van der Waals surface area (Å²) in [5.41, 5.74) is 0. The topological polar surface area (TPSA) is 63.6 Å². The van der Waals surface area contributed by atoms with E-state index in [4.69, 9.17) is 5.11 Å². The van der Waals surface area contributed by atoms with Crippen LogP contribution >= 0.6 is 0 Å². The van der Waals surface area contributed by atoms with Crippen LogP contribution in [0.15, 0.2) is 0 Å². The first-order valence-electron chi connectivity index (χ1n) is 4.10.